The molecule has 0 aliphatic heterocycles. The van der Waals surface area contributed by atoms with Crippen molar-refractivity contribution in [1.29, 1.82) is 0 Å². The molecular formula is C20H33N3O3. The van der Waals surface area contributed by atoms with Crippen LogP contribution in [0.1, 0.15) is 57.4 Å². The van der Waals surface area contributed by atoms with Crippen LogP contribution in [0.4, 0.5) is 0 Å². The van der Waals surface area contributed by atoms with Crippen molar-refractivity contribution in [2.75, 3.05) is 6.54 Å². The van der Waals surface area contributed by atoms with Crippen LogP contribution in [0.3, 0.4) is 0 Å². The number of carbonyl (C=O) groups is 2. The molecule has 2 atom stereocenters. The summed E-state index contributed by atoms with van der Waals surface area (Å²) in [5, 5.41) is 2.76. The maximum Gasteiger partial charge on any atom is 0.328 e. The minimum absolute atomic E-state index is 0.186. The molecule has 0 fully saturated rings. The van der Waals surface area contributed by atoms with Gasteiger partial charge in [0.05, 0.1) is 6.04 Å². The first-order valence-corrected chi connectivity index (χ1v) is 9.55. The predicted molar refractivity (Wildman–Crippen MR) is 103 cm³/mol. The fraction of sp³-hybridized carbons (Fsp3) is 0.600. The summed E-state index contributed by atoms with van der Waals surface area (Å²) in [6.07, 6.45) is 5.67. The monoisotopic (exact) mass is 363 g/mol. The second kappa shape index (κ2) is 13.3. The Labute approximate surface area is 156 Å². The Hall–Kier alpha value is -1.92. The largest absolute Gasteiger partial charge is 0.459 e. The summed E-state index contributed by atoms with van der Waals surface area (Å²) < 4.78 is 5.37. The maximum absolute atomic E-state index is 12.4. The van der Waals surface area contributed by atoms with Crippen molar-refractivity contribution in [1.82, 2.24) is 5.32 Å². The zero-order valence-electron chi connectivity index (χ0n) is 15.8. The van der Waals surface area contributed by atoms with Crippen molar-refractivity contribution in [3.63, 3.8) is 0 Å². The first kappa shape index (κ1) is 22.1. The van der Waals surface area contributed by atoms with E-state index in [4.69, 9.17) is 16.2 Å². The van der Waals surface area contributed by atoms with Gasteiger partial charge in [0.25, 0.3) is 0 Å². The van der Waals surface area contributed by atoms with Gasteiger partial charge in [-0.05, 0) is 37.8 Å². The molecule has 0 bridgehead atoms. The minimum Gasteiger partial charge on any atom is -0.459 e. The second-order valence-corrected chi connectivity index (χ2v) is 6.54. The van der Waals surface area contributed by atoms with Crippen LogP contribution in [-0.4, -0.2) is 30.5 Å². The van der Waals surface area contributed by atoms with E-state index in [2.05, 4.69) is 12.2 Å². The van der Waals surface area contributed by atoms with Crippen molar-refractivity contribution >= 4 is 11.9 Å². The Kier molecular flexibility index (Phi) is 11.3. The highest BCUT2D eigenvalue weighted by atomic mass is 16.5. The van der Waals surface area contributed by atoms with E-state index in [9.17, 15) is 9.59 Å². The van der Waals surface area contributed by atoms with Gasteiger partial charge in [-0.25, -0.2) is 4.79 Å². The summed E-state index contributed by atoms with van der Waals surface area (Å²) in [7, 11) is 0. The maximum atomic E-state index is 12.4. The zero-order chi connectivity index (χ0) is 19.2. The van der Waals surface area contributed by atoms with Crippen molar-refractivity contribution < 1.29 is 14.3 Å². The standard InChI is InChI=1S/C20H33N3O3/c1-2-3-5-12-17(22)19(24)23-18(13-8-9-14-21)20(25)26-15-16-10-6-4-7-11-16/h4,6-7,10-11,17-18H,2-3,5,8-9,12-15,21-22H2,1H3,(H,23,24)/t17-,18-/m0/s1. The molecule has 6 nitrogen and oxygen atoms in total. The first-order chi connectivity index (χ1) is 12.6. The fourth-order valence-electron chi connectivity index (χ4n) is 2.60. The molecule has 1 rings (SSSR count). The van der Waals surface area contributed by atoms with Gasteiger partial charge < -0.3 is 21.5 Å². The number of amides is 1. The van der Waals surface area contributed by atoms with Crippen molar-refractivity contribution in [3.05, 3.63) is 35.9 Å². The van der Waals surface area contributed by atoms with Gasteiger partial charge in [-0.3, -0.25) is 4.79 Å². The molecule has 26 heavy (non-hydrogen) atoms. The van der Waals surface area contributed by atoms with Gasteiger partial charge in [0, 0.05) is 0 Å². The lowest BCUT2D eigenvalue weighted by molar-refractivity contribution is -0.149. The highest BCUT2D eigenvalue weighted by Crippen LogP contribution is 2.08. The number of nitrogens with one attached hydrogen (secondary N) is 1. The lowest BCUT2D eigenvalue weighted by Crippen LogP contribution is -2.48. The SMILES string of the molecule is CCCCC[C@H](N)C(=O)N[C@@H](CCCCN)C(=O)OCc1ccccc1. The third-order valence-electron chi connectivity index (χ3n) is 4.23. The van der Waals surface area contributed by atoms with Crippen LogP contribution in [0.5, 0.6) is 0 Å². The summed E-state index contributed by atoms with van der Waals surface area (Å²) in [6.45, 7) is 2.84. The molecule has 0 unspecified atom stereocenters. The van der Waals surface area contributed by atoms with E-state index in [0.717, 1.165) is 37.7 Å². The van der Waals surface area contributed by atoms with Crippen LogP contribution in [-0.2, 0) is 20.9 Å². The normalized spacial score (nSPS) is 13.0. The third kappa shape index (κ3) is 8.97. The number of esters is 1. The molecule has 1 amide bonds. The number of hydrogen-bond acceptors (Lipinski definition) is 5. The van der Waals surface area contributed by atoms with Gasteiger partial charge >= 0.3 is 5.97 Å². The van der Waals surface area contributed by atoms with Gasteiger partial charge in [0.2, 0.25) is 5.91 Å². The average Bonchev–Trinajstić information content (AvgIpc) is 2.66. The van der Waals surface area contributed by atoms with Crippen molar-refractivity contribution in [3.8, 4) is 0 Å². The van der Waals surface area contributed by atoms with E-state index in [1.165, 1.54) is 0 Å². The first-order valence-electron chi connectivity index (χ1n) is 9.55. The number of unbranched alkanes of at least 4 members (excludes halogenated alkanes) is 3. The van der Waals surface area contributed by atoms with E-state index in [1.807, 2.05) is 30.3 Å². The smallest absolute Gasteiger partial charge is 0.328 e. The molecule has 0 radical (unpaired) electrons. The topological polar surface area (TPSA) is 107 Å². The molecule has 1 aromatic rings. The van der Waals surface area contributed by atoms with Crippen molar-refractivity contribution in [2.24, 2.45) is 11.5 Å². The Morgan fingerprint density at radius 1 is 1.08 bits per heavy atom. The molecule has 0 aliphatic rings. The van der Waals surface area contributed by atoms with E-state index in [0.29, 0.717) is 19.4 Å². The van der Waals surface area contributed by atoms with Crippen LogP contribution in [0.25, 0.3) is 0 Å². The molecule has 1 aromatic carbocycles. The summed E-state index contributed by atoms with van der Waals surface area (Å²) >= 11 is 0. The summed E-state index contributed by atoms with van der Waals surface area (Å²) in [6, 6.07) is 8.17. The molecule has 0 saturated heterocycles. The van der Waals surface area contributed by atoms with Crippen LogP contribution in [0.15, 0.2) is 30.3 Å². The predicted octanol–water partition coefficient (Wildman–Crippen LogP) is 2.25. The number of nitrogens with two attached hydrogens (primary N) is 2. The molecule has 0 spiro atoms. The van der Waals surface area contributed by atoms with Gasteiger partial charge in [-0.2, -0.15) is 0 Å². The number of ether oxygens (including phenoxy) is 1. The second-order valence-electron chi connectivity index (χ2n) is 6.54. The molecule has 0 aliphatic carbocycles. The Morgan fingerprint density at radius 3 is 2.42 bits per heavy atom. The van der Waals surface area contributed by atoms with Gasteiger partial charge in [0.15, 0.2) is 0 Å². The molecule has 146 valence electrons. The van der Waals surface area contributed by atoms with E-state index >= 15 is 0 Å². The highest BCUT2D eigenvalue weighted by Gasteiger charge is 2.24. The molecule has 0 saturated carbocycles. The number of rotatable bonds is 13. The summed E-state index contributed by atoms with van der Waals surface area (Å²) in [4.78, 5) is 24.7. The molecule has 0 heterocycles. The Morgan fingerprint density at radius 2 is 1.77 bits per heavy atom. The number of benzene rings is 1. The number of carbonyl (C=O) groups excluding carboxylic acids is 2. The summed E-state index contributed by atoms with van der Waals surface area (Å²) in [5.41, 5.74) is 12.4. The van der Waals surface area contributed by atoms with E-state index in [1.54, 1.807) is 0 Å². The van der Waals surface area contributed by atoms with Gasteiger partial charge in [-0.1, -0.05) is 56.5 Å². The Bertz CT molecular complexity index is 522. The lowest BCUT2D eigenvalue weighted by atomic mass is 10.1. The van der Waals surface area contributed by atoms with Crippen LogP contribution >= 0.6 is 0 Å². The van der Waals surface area contributed by atoms with Crippen LogP contribution in [0.2, 0.25) is 0 Å². The van der Waals surface area contributed by atoms with Crippen LogP contribution < -0.4 is 16.8 Å². The quantitative estimate of drug-likeness (QED) is 0.368. The average molecular weight is 364 g/mol. The third-order valence-corrected chi connectivity index (χ3v) is 4.23. The van der Waals surface area contributed by atoms with Crippen LogP contribution in [0, 0.1) is 0 Å². The number of hydrogen-bond donors (Lipinski definition) is 3. The van der Waals surface area contributed by atoms with Crippen molar-refractivity contribution in [2.45, 2.75) is 70.6 Å². The lowest BCUT2D eigenvalue weighted by Gasteiger charge is -2.20. The highest BCUT2D eigenvalue weighted by molar-refractivity contribution is 5.87. The van der Waals surface area contributed by atoms with E-state index in [-0.39, 0.29) is 12.5 Å². The fourth-order valence-corrected chi connectivity index (χ4v) is 2.60. The van der Waals surface area contributed by atoms with Gasteiger partial charge in [-0.15, -0.1) is 0 Å². The molecular weight excluding hydrogens is 330 g/mol. The molecule has 6 heteroatoms. The zero-order valence-corrected chi connectivity index (χ0v) is 15.8. The Balaban J connectivity index is 2.55. The van der Waals surface area contributed by atoms with E-state index < -0.39 is 18.1 Å². The minimum atomic E-state index is -0.685. The van der Waals surface area contributed by atoms with Gasteiger partial charge in [0.1, 0.15) is 12.6 Å². The molecule has 5 N–H and O–H groups in total. The molecule has 0 aromatic heterocycles. The summed E-state index contributed by atoms with van der Waals surface area (Å²) in [5.74, 6) is -0.726.